The number of aryl methyl sites for hydroxylation is 3. The summed E-state index contributed by atoms with van der Waals surface area (Å²) in [6, 6.07) is 20.0. The minimum Gasteiger partial charge on any atom is -0.368 e. The lowest BCUT2D eigenvalue weighted by Gasteiger charge is -2.36. The van der Waals surface area contributed by atoms with Crippen LogP contribution in [0.25, 0.3) is 17.1 Å². The molecule has 0 saturated carbocycles. The highest BCUT2D eigenvalue weighted by Gasteiger charge is 2.27. The van der Waals surface area contributed by atoms with Crippen LogP contribution < -0.4 is 4.90 Å². The molecule has 3 heterocycles. The maximum absolute atomic E-state index is 13.8. The van der Waals surface area contributed by atoms with Gasteiger partial charge in [0, 0.05) is 50.1 Å². The van der Waals surface area contributed by atoms with E-state index in [1.807, 2.05) is 69.9 Å². The summed E-state index contributed by atoms with van der Waals surface area (Å²) in [5, 5.41) is 5.61. The number of benzene rings is 2. The maximum atomic E-state index is 13.8. The Bertz CT molecular complexity index is 1350. The third-order valence-corrected chi connectivity index (χ3v) is 6.69. The Kier molecular flexibility index (Phi) is 5.92. The average Bonchev–Trinajstić information content (AvgIpc) is 3.45. The van der Waals surface area contributed by atoms with Gasteiger partial charge in [-0.1, -0.05) is 35.4 Å². The SMILES string of the molecule is Cc1ccc(-n2nc(-c3cccn3C)cc2C(=O)N2CCN(c3cccc(Cl)c3)CC2)c(C)c1. The fourth-order valence-corrected chi connectivity index (χ4v) is 4.80. The number of amides is 1. The van der Waals surface area contributed by atoms with E-state index < -0.39 is 0 Å². The summed E-state index contributed by atoms with van der Waals surface area (Å²) in [5.74, 6) is -0.00122. The largest absolute Gasteiger partial charge is 0.368 e. The van der Waals surface area contributed by atoms with Gasteiger partial charge < -0.3 is 14.4 Å². The highest BCUT2D eigenvalue weighted by Crippen LogP contribution is 2.26. The molecule has 2 aromatic carbocycles. The van der Waals surface area contributed by atoms with E-state index in [0.717, 1.165) is 46.4 Å². The molecule has 6 nitrogen and oxygen atoms in total. The summed E-state index contributed by atoms with van der Waals surface area (Å²) in [5.41, 5.74) is 6.62. The van der Waals surface area contributed by atoms with Crippen molar-refractivity contribution in [3.63, 3.8) is 0 Å². The number of piperazine rings is 1. The molecule has 7 heteroatoms. The van der Waals surface area contributed by atoms with Crippen LogP contribution in [0, 0.1) is 13.8 Å². The van der Waals surface area contributed by atoms with Gasteiger partial charge in [-0.2, -0.15) is 5.10 Å². The first-order valence-corrected chi connectivity index (χ1v) is 11.9. The number of anilines is 1. The summed E-state index contributed by atoms with van der Waals surface area (Å²) in [7, 11) is 1.99. The second kappa shape index (κ2) is 9.03. The Hall–Kier alpha value is -3.51. The minimum absolute atomic E-state index is 0.00122. The zero-order valence-corrected chi connectivity index (χ0v) is 20.5. The number of carbonyl (C=O) groups is 1. The fourth-order valence-electron chi connectivity index (χ4n) is 4.62. The molecule has 2 aromatic heterocycles. The lowest BCUT2D eigenvalue weighted by atomic mass is 10.1. The van der Waals surface area contributed by atoms with Crippen LogP contribution in [-0.2, 0) is 7.05 Å². The Morgan fingerprint density at radius 2 is 1.74 bits per heavy atom. The van der Waals surface area contributed by atoms with Crippen LogP contribution in [0.4, 0.5) is 5.69 Å². The molecule has 0 spiro atoms. The predicted molar refractivity (Wildman–Crippen MR) is 137 cm³/mol. The molecule has 1 fully saturated rings. The molecule has 1 amide bonds. The Morgan fingerprint density at radius 1 is 0.941 bits per heavy atom. The summed E-state index contributed by atoms with van der Waals surface area (Å²) in [6.07, 6.45) is 1.99. The van der Waals surface area contributed by atoms with Gasteiger partial charge in [0.25, 0.3) is 5.91 Å². The van der Waals surface area contributed by atoms with E-state index in [1.165, 1.54) is 5.56 Å². The third kappa shape index (κ3) is 4.21. The maximum Gasteiger partial charge on any atom is 0.272 e. The summed E-state index contributed by atoms with van der Waals surface area (Å²) in [4.78, 5) is 17.9. The van der Waals surface area contributed by atoms with Gasteiger partial charge in [0.2, 0.25) is 0 Å². The highest BCUT2D eigenvalue weighted by molar-refractivity contribution is 6.30. The van der Waals surface area contributed by atoms with Crippen molar-refractivity contribution in [1.29, 1.82) is 0 Å². The van der Waals surface area contributed by atoms with E-state index in [4.69, 9.17) is 16.7 Å². The van der Waals surface area contributed by atoms with Crippen molar-refractivity contribution >= 4 is 23.2 Å². The van der Waals surface area contributed by atoms with E-state index in [-0.39, 0.29) is 5.91 Å². The van der Waals surface area contributed by atoms with Gasteiger partial charge >= 0.3 is 0 Å². The molecule has 1 aliphatic heterocycles. The van der Waals surface area contributed by atoms with Crippen LogP contribution in [0.15, 0.2) is 66.9 Å². The number of rotatable bonds is 4. The molecule has 1 aliphatic rings. The van der Waals surface area contributed by atoms with Crippen molar-refractivity contribution in [2.45, 2.75) is 13.8 Å². The molecule has 0 N–H and O–H groups in total. The highest BCUT2D eigenvalue weighted by atomic mass is 35.5. The van der Waals surface area contributed by atoms with Gasteiger partial charge in [-0.3, -0.25) is 4.79 Å². The molecule has 1 saturated heterocycles. The summed E-state index contributed by atoms with van der Waals surface area (Å²) in [6.45, 7) is 6.93. The van der Waals surface area contributed by atoms with E-state index in [2.05, 4.69) is 36.9 Å². The second-order valence-corrected chi connectivity index (χ2v) is 9.32. The van der Waals surface area contributed by atoms with Gasteiger partial charge in [-0.15, -0.1) is 0 Å². The van der Waals surface area contributed by atoms with Gasteiger partial charge in [-0.25, -0.2) is 4.68 Å². The Labute approximate surface area is 205 Å². The van der Waals surface area contributed by atoms with Crippen LogP contribution in [0.3, 0.4) is 0 Å². The second-order valence-electron chi connectivity index (χ2n) is 8.88. The smallest absolute Gasteiger partial charge is 0.272 e. The Balaban J connectivity index is 1.46. The minimum atomic E-state index is -0.00122. The summed E-state index contributed by atoms with van der Waals surface area (Å²) < 4.78 is 3.83. The number of halogens is 1. The molecule has 34 heavy (non-hydrogen) atoms. The van der Waals surface area contributed by atoms with E-state index in [0.29, 0.717) is 18.8 Å². The standard InChI is InChI=1S/C27H28ClN5O/c1-19-9-10-24(20(2)16-19)33-26(18-23(29-33)25-8-5-11-30(25)3)27(34)32-14-12-31(13-15-32)22-7-4-6-21(28)17-22/h4-11,16-18H,12-15H2,1-3H3. The lowest BCUT2D eigenvalue weighted by molar-refractivity contribution is 0.0737. The van der Waals surface area contributed by atoms with E-state index in [1.54, 1.807) is 0 Å². The lowest BCUT2D eigenvalue weighted by Crippen LogP contribution is -2.49. The molecular weight excluding hydrogens is 446 g/mol. The third-order valence-electron chi connectivity index (χ3n) is 6.46. The van der Waals surface area contributed by atoms with Gasteiger partial charge in [0.1, 0.15) is 11.4 Å². The van der Waals surface area contributed by atoms with Crippen molar-refractivity contribution < 1.29 is 4.79 Å². The van der Waals surface area contributed by atoms with Crippen LogP contribution >= 0.6 is 11.6 Å². The molecule has 0 unspecified atom stereocenters. The van der Waals surface area contributed by atoms with Crippen LogP contribution in [-0.4, -0.2) is 51.3 Å². The van der Waals surface area contributed by atoms with E-state index in [9.17, 15) is 4.79 Å². The zero-order chi connectivity index (χ0) is 23.8. The molecule has 0 bridgehead atoms. The molecule has 0 radical (unpaired) electrons. The molecule has 5 rings (SSSR count). The van der Waals surface area contributed by atoms with Crippen LogP contribution in [0.2, 0.25) is 5.02 Å². The quantitative estimate of drug-likeness (QED) is 0.413. The van der Waals surface area contributed by atoms with Crippen molar-refractivity contribution in [1.82, 2.24) is 19.2 Å². The van der Waals surface area contributed by atoms with Crippen molar-refractivity contribution in [2.75, 3.05) is 31.1 Å². The van der Waals surface area contributed by atoms with Crippen molar-refractivity contribution in [3.8, 4) is 17.1 Å². The number of carbonyl (C=O) groups excluding carboxylic acids is 1. The van der Waals surface area contributed by atoms with Crippen molar-refractivity contribution in [3.05, 3.63) is 88.7 Å². The van der Waals surface area contributed by atoms with Gasteiger partial charge in [0.15, 0.2) is 0 Å². The Morgan fingerprint density at radius 3 is 2.41 bits per heavy atom. The zero-order valence-electron chi connectivity index (χ0n) is 19.7. The monoisotopic (exact) mass is 473 g/mol. The summed E-state index contributed by atoms with van der Waals surface area (Å²) >= 11 is 6.17. The first-order valence-electron chi connectivity index (χ1n) is 11.5. The number of hydrogen-bond donors (Lipinski definition) is 0. The van der Waals surface area contributed by atoms with E-state index >= 15 is 0 Å². The number of aromatic nitrogens is 3. The first-order chi connectivity index (χ1) is 16.4. The molecule has 0 aliphatic carbocycles. The predicted octanol–water partition coefficient (Wildman–Crippen LogP) is 5.11. The number of hydrogen-bond acceptors (Lipinski definition) is 3. The molecule has 0 atom stereocenters. The van der Waals surface area contributed by atoms with Gasteiger partial charge in [-0.05, 0) is 61.9 Å². The molecule has 4 aromatic rings. The normalized spacial score (nSPS) is 14.0. The fraction of sp³-hybridized carbons (Fsp3) is 0.259. The van der Waals surface area contributed by atoms with Crippen LogP contribution in [0.1, 0.15) is 21.6 Å². The average molecular weight is 474 g/mol. The molecule has 174 valence electrons. The first kappa shape index (κ1) is 22.3. The van der Waals surface area contributed by atoms with Gasteiger partial charge in [0.05, 0.1) is 11.4 Å². The molecular formula is C27H28ClN5O. The number of nitrogens with zero attached hydrogens (tertiary/aromatic N) is 5. The van der Waals surface area contributed by atoms with Crippen LogP contribution in [0.5, 0.6) is 0 Å². The van der Waals surface area contributed by atoms with Crippen molar-refractivity contribution in [2.24, 2.45) is 7.05 Å². The topological polar surface area (TPSA) is 46.3 Å².